The summed E-state index contributed by atoms with van der Waals surface area (Å²) < 4.78 is 13.0. The summed E-state index contributed by atoms with van der Waals surface area (Å²) in [6.07, 6.45) is 9.86. The van der Waals surface area contributed by atoms with Crippen LogP contribution in [0.15, 0.2) is 91.5 Å². The van der Waals surface area contributed by atoms with Crippen LogP contribution in [0.1, 0.15) is 21.5 Å². The van der Waals surface area contributed by atoms with Gasteiger partial charge in [-0.3, -0.25) is 4.98 Å². The third-order valence-electron chi connectivity index (χ3n) is 6.13. The van der Waals surface area contributed by atoms with E-state index >= 15 is 0 Å². The van der Waals surface area contributed by atoms with Crippen molar-refractivity contribution >= 4 is 11.7 Å². The topological polar surface area (TPSA) is 56.6 Å². The number of nitrogens with zero attached hydrogens (tertiary/aromatic N) is 3. The molecule has 4 aromatic rings. The van der Waals surface area contributed by atoms with E-state index in [0.717, 1.165) is 43.1 Å². The predicted molar refractivity (Wildman–Crippen MR) is 132 cm³/mol. The Hall–Kier alpha value is -4.06. The van der Waals surface area contributed by atoms with Crippen LogP contribution in [0, 0.1) is 0 Å². The number of aromatic nitrogens is 2. The Balaban J connectivity index is 1.14. The number of rotatable bonds is 8. The molecule has 0 saturated carbocycles. The number of pyridine rings is 1. The molecule has 1 saturated heterocycles. The minimum atomic E-state index is -0.341. The minimum absolute atomic E-state index is 0.159. The average Bonchev–Trinajstić information content (AvgIpc) is 3.35. The molecule has 34 heavy (non-hydrogen) atoms. The van der Waals surface area contributed by atoms with Crippen molar-refractivity contribution in [2.24, 2.45) is 0 Å². The van der Waals surface area contributed by atoms with Crippen molar-refractivity contribution in [2.45, 2.75) is 18.9 Å². The predicted octanol–water partition coefficient (Wildman–Crippen LogP) is 4.71. The molecule has 6 nitrogen and oxygen atoms in total. The molecule has 0 atom stereocenters. The lowest BCUT2D eigenvalue weighted by Gasteiger charge is -2.40. The normalized spacial score (nSPS) is 13.4. The summed E-state index contributed by atoms with van der Waals surface area (Å²) in [6, 6.07) is 22.0. The molecule has 0 spiro atoms. The molecule has 2 aromatic heterocycles. The zero-order valence-corrected chi connectivity index (χ0v) is 19.1. The Labute approximate surface area is 199 Å². The average molecular weight is 454 g/mol. The van der Waals surface area contributed by atoms with Gasteiger partial charge in [0.2, 0.25) is 0 Å². The van der Waals surface area contributed by atoms with Gasteiger partial charge in [0.1, 0.15) is 11.9 Å². The first-order chi connectivity index (χ1) is 16.7. The maximum atomic E-state index is 12.1. The molecule has 0 amide bonds. The minimum Gasteiger partial charge on any atom is -0.487 e. The van der Waals surface area contributed by atoms with E-state index in [4.69, 9.17) is 9.47 Å². The lowest BCUT2D eigenvalue weighted by molar-refractivity contribution is 0.0600. The summed E-state index contributed by atoms with van der Waals surface area (Å²) >= 11 is 0. The van der Waals surface area contributed by atoms with Crippen molar-refractivity contribution in [2.75, 3.05) is 25.1 Å². The number of aryl methyl sites for hydroxylation is 2. The zero-order chi connectivity index (χ0) is 23.3. The lowest BCUT2D eigenvalue weighted by Crippen LogP contribution is -2.53. The third-order valence-corrected chi connectivity index (χ3v) is 6.13. The highest BCUT2D eigenvalue weighted by molar-refractivity contribution is 5.93. The second kappa shape index (κ2) is 9.83. The molecule has 1 aliphatic rings. The van der Waals surface area contributed by atoms with Crippen molar-refractivity contribution in [3.63, 3.8) is 0 Å². The molecule has 0 radical (unpaired) electrons. The summed E-state index contributed by atoms with van der Waals surface area (Å²) in [5.74, 6) is 0.561. The van der Waals surface area contributed by atoms with E-state index in [9.17, 15) is 4.79 Å². The molecule has 3 heterocycles. The van der Waals surface area contributed by atoms with Crippen LogP contribution >= 0.6 is 0 Å². The molecular formula is C28H27N3O3. The molecule has 2 aromatic carbocycles. The number of benzene rings is 2. The lowest BCUT2D eigenvalue weighted by atomic mass is 10.1. The van der Waals surface area contributed by atoms with Gasteiger partial charge in [-0.25, -0.2) is 4.79 Å². The Morgan fingerprint density at radius 3 is 2.53 bits per heavy atom. The fourth-order valence-electron chi connectivity index (χ4n) is 4.19. The number of hydrogen-bond donors (Lipinski definition) is 0. The van der Waals surface area contributed by atoms with Gasteiger partial charge in [0.15, 0.2) is 0 Å². The van der Waals surface area contributed by atoms with Crippen molar-refractivity contribution < 1.29 is 14.3 Å². The Bertz CT molecular complexity index is 1250. The smallest absolute Gasteiger partial charge is 0.339 e. The number of anilines is 1. The van der Waals surface area contributed by atoms with Gasteiger partial charge < -0.3 is 18.9 Å². The van der Waals surface area contributed by atoms with Crippen molar-refractivity contribution in [1.82, 2.24) is 9.55 Å². The summed E-state index contributed by atoms with van der Waals surface area (Å²) in [5, 5.41) is 0. The molecule has 0 N–H and O–H groups in total. The van der Waals surface area contributed by atoms with E-state index in [1.807, 2.05) is 47.4 Å². The molecule has 6 heteroatoms. The summed E-state index contributed by atoms with van der Waals surface area (Å²) in [7, 11) is 1.40. The third kappa shape index (κ3) is 4.81. The fourth-order valence-corrected chi connectivity index (χ4v) is 4.19. The van der Waals surface area contributed by atoms with Crippen LogP contribution in [-0.4, -0.2) is 41.8 Å². The maximum Gasteiger partial charge on any atom is 0.339 e. The van der Waals surface area contributed by atoms with Gasteiger partial charge in [-0.05, 0) is 60.4 Å². The summed E-state index contributed by atoms with van der Waals surface area (Å²) in [4.78, 5) is 18.5. The van der Waals surface area contributed by atoms with E-state index in [2.05, 4.69) is 46.3 Å². The molecule has 5 rings (SSSR count). The van der Waals surface area contributed by atoms with Gasteiger partial charge in [-0.15, -0.1) is 0 Å². The highest BCUT2D eigenvalue weighted by atomic mass is 16.5. The van der Waals surface area contributed by atoms with Gasteiger partial charge in [0, 0.05) is 24.8 Å². The maximum absolute atomic E-state index is 12.1. The van der Waals surface area contributed by atoms with E-state index in [-0.39, 0.29) is 12.1 Å². The van der Waals surface area contributed by atoms with Gasteiger partial charge in [0.25, 0.3) is 0 Å². The van der Waals surface area contributed by atoms with Crippen LogP contribution in [0.5, 0.6) is 5.75 Å². The quantitative estimate of drug-likeness (QED) is 0.362. The first-order valence-corrected chi connectivity index (χ1v) is 11.4. The van der Waals surface area contributed by atoms with E-state index in [1.54, 1.807) is 12.3 Å². The van der Waals surface area contributed by atoms with Gasteiger partial charge >= 0.3 is 5.97 Å². The van der Waals surface area contributed by atoms with Gasteiger partial charge in [0.05, 0.1) is 37.1 Å². The van der Waals surface area contributed by atoms with Crippen LogP contribution in [0.3, 0.4) is 0 Å². The van der Waals surface area contributed by atoms with E-state index in [0.29, 0.717) is 5.56 Å². The molecule has 0 unspecified atom stereocenters. The number of para-hydroxylation sites is 1. The summed E-state index contributed by atoms with van der Waals surface area (Å²) in [6.45, 7) is 1.65. The van der Waals surface area contributed by atoms with Gasteiger partial charge in [-0.2, -0.15) is 0 Å². The number of carbonyl (C=O) groups excluding carboxylic acids is 1. The van der Waals surface area contributed by atoms with Crippen molar-refractivity contribution in [3.8, 4) is 11.4 Å². The second-order valence-electron chi connectivity index (χ2n) is 8.44. The largest absolute Gasteiger partial charge is 0.487 e. The number of hydrogen-bond acceptors (Lipinski definition) is 5. The zero-order valence-electron chi connectivity index (χ0n) is 19.1. The monoisotopic (exact) mass is 453 g/mol. The van der Waals surface area contributed by atoms with Crippen LogP contribution in [0.2, 0.25) is 0 Å². The van der Waals surface area contributed by atoms with Crippen LogP contribution in [-0.2, 0) is 17.6 Å². The standard InChI is InChI=1S/C28H27N3O3/c1-33-28(32)26-6-2-3-7-27(26)30-16-14-23(18-30)31-19-25(20-31)34-24-12-10-21(11-13-24)8-9-22-5-4-15-29-17-22/h2-7,10-18,25H,8-9,19-20H2,1H3. The SMILES string of the molecule is COC(=O)c1ccccc1-n1ccc(N2CC(Oc3ccc(CCc4cccnc4)cc3)C2)c1. The van der Waals surface area contributed by atoms with E-state index < -0.39 is 0 Å². The van der Waals surface area contributed by atoms with Crippen LogP contribution in [0.25, 0.3) is 5.69 Å². The molecule has 1 fully saturated rings. The van der Waals surface area contributed by atoms with E-state index in [1.165, 1.54) is 18.2 Å². The van der Waals surface area contributed by atoms with Crippen molar-refractivity contribution in [3.05, 3.63) is 108 Å². The first-order valence-electron chi connectivity index (χ1n) is 11.4. The Kier molecular flexibility index (Phi) is 6.29. The van der Waals surface area contributed by atoms with Gasteiger partial charge in [-0.1, -0.05) is 30.3 Å². The number of ether oxygens (including phenoxy) is 2. The molecule has 172 valence electrons. The number of methoxy groups -OCH3 is 1. The molecular weight excluding hydrogens is 426 g/mol. The summed E-state index contributed by atoms with van der Waals surface area (Å²) in [5.41, 5.74) is 4.99. The number of esters is 1. The first kappa shape index (κ1) is 21.8. The molecule has 0 aliphatic carbocycles. The van der Waals surface area contributed by atoms with Crippen molar-refractivity contribution in [1.29, 1.82) is 0 Å². The second-order valence-corrected chi connectivity index (χ2v) is 8.44. The molecule has 0 bridgehead atoms. The number of carbonyl (C=O) groups is 1. The molecule has 1 aliphatic heterocycles. The highest BCUT2D eigenvalue weighted by Crippen LogP contribution is 2.27. The Morgan fingerprint density at radius 2 is 1.76 bits per heavy atom. The highest BCUT2D eigenvalue weighted by Gasteiger charge is 2.29. The Morgan fingerprint density at radius 1 is 0.971 bits per heavy atom. The van der Waals surface area contributed by atoms with Crippen LogP contribution in [0.4, 0.5) is 5.69 Å². The fraction of sp³-hybridized carbons (Fsp3) is 0.214. The van der Waals surface area contributed by atoms with Crippen LogP contribution < -0.4 is 9.64 Å².